The average Bonchev–Trinajstić information content (AvgIpc) is 2.16. The van der Waals surface area contributed by atoms with E-state index in [0.717, 1.165) is 17.7 Å². The number of pyridine rings is 1. The van der Waals surface area contributed by atoms with Crippen LogP contribution in [0.2, 0.25) is 0 Å². The zero-order valence-corrected chi connectivity index (χ0v) is 9.04. The lowest BCUT2D eigenvalue weighted by Gasteiger charge is -2.28. The molecule has 0 saturated heterocycles. The SMILES string of the molecule is CC1Cc2[nH]c(=O)c(CN)cc2C(C)O1. The fraction of sp³-hybridized carbons (Fsp3) is 0.545. The topological polar surface area (TPSA) is 68.1 Å². The molecule has 1 aliphatic heterocycles. The fourth-order valence-electron chi connectivity index (χ4n) is 2.07. The van der Waals surface area contributed by atoms with E-state index in [1.165, 1.54) is 0 Å². The number of nitrogens with one attached hydrogen (secondary N) is 1. The van der Waals surface area contributed by atoms with Gasteiger partial charge in [0.1, 0.15) is 0 Å². The Balaban J connectivity index is 2.52. The Morgan fingerprint density at radius 2 is 2.33 bits per heavy atom. The highest BCUT2D eigenvalue weighted by molar-refractivity contribution is 5.29. The van der Waals surface area contributed by atoms with E-state index in [1.807, 2.05) is 19.9 Å². The Morgan fingerprint density at radius 1 is 1.60 bits per heavy atom. The zero-order valence-electron chi connectivity index (χ0n) is 9.04. The number of nitrogens with two attached hydrogens (primary N) is 1. The molecule has 4 heteroatoms. The van der Waals surface area contributed by atoms with Crippen LogP contribution in [0.15, 0.2) is 10.9 Å². The van der Waals surface area contributed by atoms with Gasteiger partial charge in [-0.1, -0.05) is 0 Å². The van der Waals surface area contributed by atoms with Crippen molar-refractivity contribution in [2.24, 2.45) is 5.73 Å². The maximum absolute atomic E-state index is 11.6. The summed E-state index contributed by atoms with van der Waals surface area (Å²) in [5, 5.41) is 0. The molecule has 0 aliphatic carbocycles. The number of hydrogen-bond acceptors (Lipinski definition) is 3. The van der Waals surface area contributed by atoms with Crippen LogP contribution in [0.3, 0.4) is 0 Å². The number of fused-ring (bicyclic) bond motifs is 1. The van der Waals surface area contributed by atoms with E-state index in [9.17, 15) is 4.79 Å². The lowest BCUT2D eigenvalue weighted by Crippen LogP contribution is -2.28. The van der Waals surface area contributed by atoms with E-state index in [2.05, 4.69) is 4.98 Å². The minimum Gasteiger partial charge on any atom is -0.370 e. The number of hydrogen-bond donors (Lipinski definition) is 2. The highest BCUT2D eigenvalue weighted by Gasteiger charge is 2.23. The molecular weight excluding hydrogens is 192 g/mol. The smallest absolute Gasteiger partial charge is 0.252 e. The zero-order chi connectivity index (χ0) is 11.0. The van der Waals surface area contributed by atoms with Gasteiger partial charge in [-0.3, -0.25) is 4.79 Å². The van der Waals surface area contributed by atoms with Gasteiger partial charge in [0.05, 0.1) is 12.2 Å². The van der Waals surface area contributed by atoms with Gasteiger partial charge < -0.3 is 15.5 Å². The summed E-state index contributed by atoms with van der Waals surface area (Å²) in [7, 11) is 0. The normalized spacial score (nSPS) is 25.0. The molecule has 0 amide bonds. The quantitative estimate of drug-likeness (QED) is 0.719. The van der Waals surface area contributed by atoms with Gasteiger partial charge in [-0.05, 0) is 19.9 Å². The van der Waals surface area contributed by atoms with Gasteiger partial charge in [-0.2, -0.15) is 0 Å². The Morgan fingerprint density at radius 3 is 3.00 bits per heavy atom. The molecule has 2 atom stereocenters. The third-order valence-corrected chi connectivity index (χ3v) is 2.82. The number of ether oxygens (including phenoxy) is 1. The second-order valence-corrected chi connectivity index (χ2v) is 4.05. The van der Waals surface area contributed by atoms with Gasteiger partial charge in [-0.15, -0.1) is 0 Å². The summed E-state index contributed by atoms with van der Waals surface area (Å²) in [6, 6.07) is 1.87. The molecule has 2 unspecified atom stereocenters. The molecule has 15 heavy (non-hydrogen) atoms. The lowest BCUT2D eigenvalue weighted by atomic mass is 9.99. The van der Waals surface area contributed by atoms with E-state index in [-0.39, 0.29) is 24.3 Å². The van der Waals surface area contributed by atoms with Crippen LogP contribution in [-0.2, 0) is 17.7 Å². The molecule has 3 N–H and O–H groups in total. The molecule has 2 heterocycles. The molecule has 1 aromatic rings. The summed E-state index contributed by atoms with van der Waals surface area (Å²) in [5.41, 5.74) is 8.10. The van der Waals surface area contributed by atoms with E-state index >= 15 is 0 Å². The number of rotatable bonds is 1. The predicted octanol–water partition coefficient (Wildman–Crippen LogP) is 0.856. The lowest BCUT2D eigenvalue weighted by molar-refractivity contribution is -0.00607. The second-order valence-electron chi connectivity index (χ2n) is 4.05. The maximum atomic E-state index is 11.6. The van der Waals surface area contributed by atoms with Gasteiger partial charge in [0.25, 0.3) is 5.56 Å². The van der Waals surface area contributed by atoms with Crippen LogP contribution in [-0.4, -0.2) is 11.1 Å². The molecule has 0 bridgehead atoms. The van der Waals surface area contributed by atoms with Crippen molar-refractivity contribution in [3.8, 4) is 0 Å². The van der Waals surface area contributed by atoms with Crippen molar-refractivity contribution in [1.29, 1.82) is 0 Å². The first-order valence-corrected chi connectivity index (χ1v) is 5.22. The van der Waals surface area contributed by atoms with E-state index in [4.69, 9.17) is 10.5 Å². The van der Waals surface area contributed by atoms with Crippen molar-refractivity contribution in [3.63, 3.8) is 0 Å². The minimum atomic E-state index is -0.0717. The summed E-state index contributed by atoms with van der Waals surface area (Å²) < 4.78 is 5.69. The van der Waals surface area contributed by atoms with Gasteiger partial charge in [0.2, 0.25) is 0 Å². The fourth-order valence-corrected chi connectivity index (χ4v) is 2.07. The first-order valence-electron chi connectivity index (χ1n) is 5.22. The molecule has 0 aromatic carbocycles. The molecule has 0 fully saturated rings. The highest BCUT2D eigenvalue weighted by Crippen LogP contribution is 2.27. The highest BCUT2D eigenvalue weighted by atomic mass is 16.5. The summed E-state index contributed by atoms with van der Waals surface area (Å²) >= 11 is 0. The van der Waals surface area contributed by atoms with Crippen LogP contribution in [0, 0.1) is 0 Å². The molecule has 0 spiro atoms. The van der Waals surface area contributed by atoms with Crippen LogP contribution in [0.5, 0.6) is 0 Å². The first-order chi connectivity index (χ1) is 7.11. The molecule has 0 radical (unpaired) electrons. The number of aromatic amines is 1. The van der Waals surface area contributed by atoms with Crippen molar-refractivity contribution in [2.45, 2.75) is 39.0 Å². The van der Waals surface area contributed by atoms with Crippen molar-refractivity contribution < 1.29 is 4.74 Å². The average molecular weight is 208 g/mol. The summed E-state index contributed by atoms with van der Waals surface area (Å²) in [6.07, 6.45) is 0.956. The monoisotopic (exact) mass is 208 g/mol. The van der Waals surface area contributed by atoms with Gasteiger partial charge in [0.15, 0.2) is 0 Å². The largest absolute Gasteiger partial charge is 0.370 e. The third kappa shape index (κ3) is 1.82. The Labute approximate surface area is 88.4 Å². The third-order valence-electron chi connectivity index (χ3n) is 2.82. The molecule has 4 nitrogen and oxygen atoms in total. The molecule has 0 saturated carbocycles. The summed E-state index contributed by atoms with van der Waals surface area (Å²) in [5.74, 6) is 0. The van der Waals surface area contributed by atoms with Crippen molar-refractivity contribution >= 4 is 0 Å². The van der Waals surface area contributed by atoms with Gasteiger partial charge >= 0.3 is 0 Å². The molecule has 1 aliphatic rings. The Hall–Kier alpha value is -1.13. The Bertz CT molecular complexity index is 425. The molecule has 2 rings (SSSR count). The molecule has 82 valence electrons. The second kappa shape index (κ2) is 3.79. The van der Waals surface area contributed by atoms with Crippen LogP contribution in [0.1, 0.15) is 36.8 Å². The number of aromatic nitrogens is 1. The summed E-state index contributed by atoms with van der Waals surface area (Å²) in [4.78, 5) is 14.5. The van der Waals surface area contributed by atoms with E-state index < -0.39 is 0 Å². The van der Waals surface area contributed by atoms with Gasteiger partial charge in [-0.25, -0.2) is 0 Å². The predicted molar refractivity (Wildman–Crippen MR) is 57.6 cm³/mol. The van der Waals surface area contributed by atoms with Gasteiger partial charge in [0, 0.05) is 29.8 Å². The van der Waals surface area contributed by atoms with Crippen LogP contribution in [0.25, 0.3) is 0 Å². The molecule has 1 aromatic heterocycles. The first kappa shape index (κ1) is 10.4. The van der Waals surface area contributed by atoms with Crippen LogP contribution in [0.4, 0.5) is 0 Å². The van der Waals surface area contributed by atoms with Crippen LogP contribution >= 0.6 is 0 Å². The van der Waals surface area contributed by atoms with Crippen molar-refractivity contribution in [1.82, 2.24) is 4.98 Å². The van der Waals surface area contributed by atoms with Crippen molar-refractivity contribution in [2.75, 3.05) is 0 Å². The summed E-state index contributed by atoms with van der Waals surface area (Å²) in [6.45, 7) is 4.27. The standard InChI is InChI=1S/C11H16N2O2/c1-6-3-10-9(7(2)15-6)4-8(5-12)11(14)13-10/h4,6-7H,3,5,12H2,1-2H3,(H,13,14). The van der Waals surface area contributed by atoms with Crippen LogP contribution < -0.4 is 11.3 Å². The number of H-pyrrole nitrogens is 1. The van der Waals surface area contributed by atoms with Crippen molar-refractivity contribution in [3.05, 3.63) is 33.2 Å². The Kier molecular flexibility index (Phi) is 2.63. The maximum Gasteiger partial charge on any atom is 0.252 e. The van der Waals surface area contributed by atoms with E-state index in [0.29, 0.717) is 5.56 Å². The van der Waals surface area contributed by atoms with E-state index in [1.54, 1.807) is 0 Å². The molecular formula is C11H16N2O2. The minimum absolute atomic E-state index is 0.0332.